The van der Waals surface area contributed by atoms with Gasteiger partial charge in [0.25, 0.3) is 11.4 Å². The molecule has 0 amide bonds. The number of rotatable bonds is 10. The SMILES string of the molecule is N#CCNc1ccc(Oc2cccc(C#N)c2)cc1.N#Cc1cccc(O)c1.N#Cc1cccc(Oc2ccc(N)cc2)c1.N#Cc1cccc(Oc2ccc([N+](=O)[O-])cc2)c1.O=[N+]([O-])c1ccc(F)cc1. The molecule has 4 N–H and O–H groups in total. The number of halogens is 1. The number of anilines is 2. The summed E-state index contributed by atoms with van der Waals surface area (Å²) in [7, 11) is 0. The van der Waals surface area contributed by atoms with Crippen molar-refractivity contribution < 1.29 is 33.6 Å². The Hall–Kier alpha value is -11.3. The van der Waals surface area contributed by atoms with E-state index in [-0.39, 0.29) is 23.7 Å². The Balaban J connectivity index is 0.000000201. The molecule has 18 heteroatoms. The van der Waals surface area contributed by atoms with Gasteiger partial charge in [0.1, 0.15) is 52.6 Å². The first-order valence-corrected chi connectivity index (χ1v) is 20.7. The van der Waals surface area contributed by atoms with Crippen molar-refractivity contribution >= 4 is 22.7 Å². The van der Waals surface area contributed by atoms with Crippen LogP contribution in [0.2, 0.25) is 0 Å². The fourth-order valence-electron chi connectivity index (χ4n) is 5.39. The molecule has 354 valence electrons. The van der Waals surface area contributed by atoms with Gasteiger partial charge in [-0.1, -0.05) is 24.3 Å². The van der Waals surface area contributed by atoms with Gasteiger partial charge in [0.2, 0.25) is 0 Å². The van der Waals surface area contributed by atoms with Gasteiger partial charge >= 0.3 is 0 Å². The average Bonchev–Trinajstić information content (AvgIpc) is 3.40. The number of hydrogen-bond acceptors (Lipinski definition) is 15. The van der Waals surface area contributed by atoms with Crippen LogP contribution in [-0.2, 0) is 0 Å². The number of nitro groups is 2. The molecule has 0 saturated heterocycles. The lowest BCUT2D eigenvalue weighted by Gasteiger charge is -2.07. The summed E-state index contributed by atoms with van der Waals surface area (Å²) < 4.78 is 28.8. The predicted octanol–water partition coefficient (Wildman–Crippen LogP) is 12.5. The Morgan fingerprint density at radius 3 is 1.18 bits per heavy atom. The molecule has 0 aliphatic rings. The van der Waals surface area contributed by atoms with Gasteiger partial charge in [0, 0.05) is 35.6 Å². The molecular weight excluding hydrogens is 922 g/mol. The zero-order chi connectivity index (χ0) is 52.1. The van der Waals surface area contributed by atoms with Gasteiger partial charge in [-0.3, -0.25) is 20.2 Å². The number of aromatic hydroxyl groups is 1. The van der Waals surface area contributed by atoms with Gasteiger partial charge < -0.3 is 30.4 Å². The molecular formula is C54H38FN9O8. The van der Waals surface area contributed by atoms with E-state index in [0.717, 1.165) is 30.0 Å². The second-order valence-electron chi connectivity index (χ2n) is 14.0. The quantitative estimate of drug-likeness (QED) is 0.0497. The number of nitrogens with zero attached hydrogens (tertiary/aromatic N) is 7. The van der Waals surface area contributed by atoms with Crippen LogP contribution in [0.25, 0.3) is 0 Å². The monoisotopic (exact) mass is 959 g/mol. The normalized spacial score (nSPS) is 9.22. The van der Waals surface area contributed by atoms with Crippen molar-refractivity contribution in [2.45, 2.75) is 0 Å². The number of nitriles is 5. The molecule has 0 fully saturated rings. The van der Waals surface area contributed by atoms with E-state index in [4.69, 9.17) is 51.4 Å². The van der Waals surface area contributed by atoms with Crippen molar-refractivity contribution in [1.82, 2.24) is 0 Å². The van der Waals surface area contributed by atoms with Crippen LogP contribution in [0.4, 0.5) is 27.1 Å². The average molecular weight is 960 g/mol. The molecule has 0 aliphatic heterocycles. The van der Waals surface area contributed by atoms with Crippen molar-refractivity contribution in [3.63, 3.8) is 0 Å². The molecule has 17 nitrogen and oxygen atoms in total. The topological polar surface area (TPSA) is 291 Å². The first kappa shape index (κ1) is 53.4. The Morgan fingerprint density at radius 1 is 0.486 bits per heavy atom. The molecule has 0 spiro atoms. The molecule has 8 aromatic carbocycles. The predicted molar refractivity (Wildman–Crippen MR) is 264 cm³/mol. The molecule has 0 unspecified atom stereocenters. The molecule has 0 radical (unpaired) electrons. The molecule has 0 heterocycles. The number of nitrogens with one attached hydrogen (secondary N) is 1. The molecule has 72 heavy (non-hydrogen) atoms. The van der Waals surface area contributed by atoms with Crippen LogP contribution >= 0.6 is 0 Å². The number of nitrogens with two attached hydrogens (primary N) is 1. The van der Waals surface area contributed by atoms with Gasteiger partial charge in [-0.2, -0.15) is 26.3 Å². The van der Waals surface area contributed by atoms with Crippen LogP contribution in [0.15, 0.2) is 194 Å². The molecule has 0 aliphatic carbocycles. The van der Waals surface area contributed by atoms with Crippen molar-refractivity contribution in [2.75, 3.05) is 17.6 Å². The molecule has 8 aromatic rings. The standard InChI is InChI=1S/C15H11N3O.C13H8N2O3.C13H10N2O.C7H5NO.C6H4FNO2/c16-8-9-18-13-4-6-14(7-5-13)19-15-3-1-2-12(10-15)11-17;14-9-10-2-1-3-13(8-10)18-12-6-4-11(5-7-12)15(16)17;14-9-10-2-1-3-13(8-10)16-12-6-4-11(15)5-7-12;8-5-6-2-1-3-7(9)4-6;7-5-1-3-6(4-2-5)8(9)10/h1-7,10,18H,9H2;1-8H;1-8H,15H2;1-4,9H;1-4H. The van der Waals surface area contributed by atoms with E-state index in [0.29, 0.717) is 62.4 Å². The maximum atomic E-state index is 12.1. The fraction of sp³-hybridized carbons (Fsp3) is 0.0185. The number of non-ortho nitro benzene ring substituents is 2. The van der Waals surface area contributed by atoms with E-state index >= 15 is 0 Å². The molecule has 0 aromatic heterocycles. The highest BCUT2D eigenvalue weighted by molar-refractivity contribution is 5.49. The number of nitrogen functional groups attached to an aromatic ring is 1. The minimum Gasteiger partial charge on any atom is -0.508 e. The Labute approximate surface area is 412 Å². The highest BCUT2D eigenvalue weighted by Gasteiger charge is 2.06. The molecule has 8 rings (SSSR count). The zero-order valence-corrected chi connectivity index (χ0v) is 37.6. The lowest BCUT2D eigenvalue weighted by atomic mass is 10.2. The van der Waals surface area contributed by atoms with Gasteiger partial charge in [-0.25, -0.2) is 4.39 Å². The maximum absolute atomic E-state index is 12.1. The molecule has 0 saturated carbocycles. The van der Waals surface area contributed by atoms with E-state index in [2.05, 4.69) is 17.5 Å². The number of hydrogen-bond donors (Lipinski definition) is 3. The van der Waals surface area contributed by atoms with Crippen molar-refractivity contribution in [2.24, 2.45) is 0 Å². The van der Waals surface area contributed by atoms with Gasteiger partial charge in [0.15, 0.2) is 0 Å². The number of nitro benzene ring substituents is 2. The van der Waals surface area contributed by atoms with E-state index in [1.807, 2.05) is 30.3 Å². The lowest BCUT2D eigenvalue weighted by molar-refractivity contribution is -0.385. The van der Waals surface area contributed by atoms with E-state index in [1.165, 1.54) is 36.4 Å². The van der Waals surface area contributed by atoms with Gasteiger partial charge in [-0.15, -0.1) is 0 Å². The molecule has 0 bridgehead atoms. The van der Waals surface area contributed by atoms with Crippen LogP contribution < -0.4 is 25.3 Å². The first-order valence-electron chi connectivity index (χ1n) is 20.7. The van der Waals surface area contributed by atoms with Gasteiger partial charge in [0.05, 0.1) is 62.4 Å². The summed E-state index contributed by atoms with van der Waals surface area (Å²) in [6.07, 6.45) is 0. The maximum Gasteiger partial charge on any atom is 0.269 e. The van der Waals surface area contributed by atoms with Crippen LogP contribution in [-0.4, -0.2) is 21.5 Å². The number of ether oxygens (including phenoxy) is 3. The highest BCUT2D eigenvalue weighted by atomic mass is 19.1. The molecule has 0 atom stereocenters. The first-order chi connectivity index (χ1) is 34.8. The zero-order valence-electron chi connectivity index (χ0n) is 37.6. The fourth-order valence-corrected chi connectivity index (χ4v) is 5.39. The Morgan fingerprint density at radius 2 is 0.833 bits per heavy atom. The van der Waals surface area contributed by atoms with Crippen LogP contribution in [0.5, 0.6) is 40.2 Å². The number of phenolic OH excluding ortho intramolecular Hbond substituents is 1. The summed E-state index contributed by atoms with van der Waals surface area (Å²) in [6.45, 7) is 0.268. The number of phenols is 1. The van der Waals surface area contributed by atoms with Crippen molar-refractivity contribution in [3.05, 3.63) is 242 Å². The Bertz CT molecular complexity index is 3270. The smallest absolute Gasteiger partial charge is 0.269 e. The number of benzene rings is 8. The van der Waals surface area contributed by atoms with Gasteiger partial charge in [-0.05, 0) is 146 Å². The van der Waals surface area contributed by atoms with E-state index in [9.17, 15) is 24.6 Å². The van der Waals surface area contributed by atoms with Crippen LogP contribution in [0.3, 0.4) is 0 Å². The van der Waals surface area contributed by atoms with E-state index in [1.54, 1.807) is 121 Å². The minimum absolute atomic E-state index is 0.00752. The third kappa shape index (κ3) is 19.3. The van der Waals surface area contributed by atoms with Crippen molar-refractivity contribution in [3.8, 4) is 70.6 Å². The van der Waals surface area contributed by atoms with Crippen molar-refractivity contribution in [1.29, 1.82) is 26.3 Å². The Kier molecular flexibility index (Phi) is 21.3. The third-order valence-corrected chi connectivity index (χ3v) is 8.76. The second kappa shape index (κ2) is 28.7. The summed E-state index contributed by atoms with van der Waals surface area (Å²) in [6, 6.07) is 61.4. The summed E-state index contributed by atoms with van der Waals surface area (Å²) >= 11 is 0. The lowest BCUT2D eigenvalue weighted by Crippen LogP contribution is -1.97. The summed E-state index contributed by atoms with van der Waals surface area (Å²) in [5, 5.41) is 75.3. The highest BCUT2D eigenvalue weighted by Crippen LogP contribution is 2.26. The summed E-state index contributed by atoms with van der Waals surface area (Å²) in [5.74, 6) is 3.31. The summed E-state index contributed by atoms with van der Waals surface area (Å²) in [5.41, 5.74) is 9.15. The third-order valence-electron chi connectivity index (χ3n) is 8.76. The second-order valence-corrected chi connectivity index (χ2v) is 14.0. The van der Waals surface area contributed by atoms with Crippen LogP contribution in [0, 0.1) is 82.7 Å². The summed E-state index contributed by atoms with van der Waals surface area (Å²) in [4.78, 5) is 19.4. The van der Waals surface area contributed by atoms with Crippen LogP contribution in [0.1, 0.15) is 22.3 Å². The largest absolute Gasteiger partial charge is 0.508 e. The minimum atomic E-state index is -0.570. The van der Waals surface area contributed by atoms with E-state index < -0.39 is 15.7 Å².